The van der Waals surface area contributed by atoms with Crippen LogP contribution in [0.4, 0.5) is 5.69 Å². The van der Waals surface area contributed by atoms with Crippen molar-refractivity contribution in [1.29, 1.82) is 0 Å². The van der Waals surface area contributed by atoms with E-state index in [4.69, 9.17) is 0 Å². The SMILES string of the molecule is O=Cc1ccccc1C(=O)N(CO)c1ccccc1. The minimum atomic E-state index is -0.448. The number of aldehydes is 1. The fraction of sp³-hybridized carbons (Fsp3) is 0.0667. The second-order valence-electron chi connectivity index (χ2n) is 3.92. The van der Waals surface area contributed by atoms with Crippen molar-refractivity contribution in [2.24, 2.45) is 0 Å². The summed E-state index contributed by atoms with van der Waals surface area (Å²) in [6.45, 7) is -0.448. The number of aliphatic hydroxyl groups is 1. The molecule has 19 heavy (non-hydrogen) atoms. The number of benzene rings is 2. The highest BCUT2D eigenvalue weighted by atomic mass is 16.3. The van der Waals surface area contributed by atoms with Gasteiger partial charge in [0.25, 0.3) is 5.91 Å². The zero-order valence-corrected chi connectivity index (χ0v) is 10.2. The lowest BCUT2D eigenvalue weighted by molar-refractivity contribution is 0.0954. The molecule has 2 aromatic carbocycles. The van der Waals surface area contributed by atoms with Gasteiger partial charge in [0.05, 0.1) is 5.56 Å². The molecule has 1 amide bonds. The normalized spacial score (nSPS) is 9.95. The van der Waals surface area contributed by atoms with Gasteiger partial charge in [0.15, 0.2) is 6.29 Å². The second kappa shape index (κ2) is 5.93. The van der Waals surface area contributed by atoms with Crippen LogP contribution in [0.25, 0.3) is 0 Å². The molecule has 0 radical (unpaired) electrons. The smallest absolute Gasteiger partial charge is 0.260 e. The Hall–Kier alpha value is -2.46. The first-order valence-corrected chi connectivity index (χ1v) is 5.80. The van der Waals surface area contributed by atoms with Gasteiger partial charge < -0.3 is 5.11 Å². The zero-order chi connectivity index (χ0) is 13.7. The monoisotopic (exact) mass is 255 g/mol. The molecule has 0 saturated carbocycles. The second-order valence-corrected chi connectivity index (χ2v) is 3.92. The summed E-state index contributed by atoms with van der Waals surface area (Å²) in [7, 11) is 0. The molecule has 1 N–H and O–H groups in total. The Bertz CT molecular complexity index is 581. The number of para-hydroxylation sites is 1. The maximum atomic E-state index is 12.4. The minimum Gasteiger partial charge on any atom is -0.376 e. The van der Waals surface area contributed by atoms with Crippen molar-refractivity contribution in [3.8, 4) is 0 Å². The van der Waals surface area contributed by atoms with E-state index in [1.54, 1.807) is 48.5 Å². The molecule has 0 spiro atoms. The largest absolute Gasteiger partial charge is 0.376 e. The first-order valence-electron chi connectivity index (χ1n) is 5.80. The van der Waals surface area contributed by atoms with Crippen LogP contribution in [0.15, 0.2) is 54.6 Å². The molecular weight excluding hydrogens is 242 g/mol. The Labute approximate surface area is 110 Å². The molecule has 0 saturated heterocycles. The number of hydrogen-bond acceptors (Lipinski definition) is 3. The molecule has 0 aliphatic carbocycles. The number of rotatable bonds is 4. The fourth-order valence-electron chi connectivity index (χ4n) is 1.81. The van der Waals surface area contributed by atoms with Gasteiger partial charge in [-0.3, -0.25) is 14.5 Å². The maximum Gasteiger partial charge on any atom is 0.260 e. The van der Waals surface area contributed by atoms with Crippen LogP contribution >= 0.6 is 0 Å². The molecule has 96 valence electrons. The summed E-state index contributed by atoms with van der Waals surface area (Å²) in [6.07, 6.45) is 0.633. The zero-order valence-electron chi connectivity index (χ0n) is 10.2. The third-order valence-electron chi connectivity index (χ3n) is 2.77. The molecule has 4 nitrogen and oxygen atoms in total. The van der Waals surface area contributed by atoms with Gasteiger partial charge in [0.2, 0.25) is 0 Å². The highest BCUT2D eigenvalue weighted by molar-refractivity contribution is 6.10. The van der Waals surface area contributed by atoms with Crippen molar-refractivity contribution in [3.63, 3.8) is 0 Å². The summed E-state index contributed by atoms with van der Waals surface area (Å²) in [6, 6.07) is 15.3. The topological polar surface area (TPSA) is 57.6 Å². The Morgan fingerprint density at radius 1 is 1.05 bits per heavy atom. The van der Waals surface area contributed by atoms with Crippen LogP contribution in [-0.2, 0) is 0 Å². The Morgan fingerprint density at radius 3 is 2.32 bits per heavy atom. The summed E-state index contributed by atoms with van der Waals surface area (Å²) < 4.78 is 0. The van der Waals surface area contributed by atoms with E-state index in [9.17, 15) is 14.7 Å². The van der Waals surface area contributed by atoms with E-state index in [1.165, 1.54) is 4.90 Å². The van der Waals surface area contributed by atoms with E-state index in [1.807, 2.05) is 6.07 Å². The Kier molecular flexibility index (Phi) is 4.05. The molecular formula is C15H13NO3. The molecule has 0 aromatic heterocycles. The van der Waals surface area contributed by atoms with E-state index in [-0.39, 0.29) is 5.56 Å². The average Bonchev–Trinajstić information content (AvgIpc) is 2.49. The van der Waals surface area contributed by atoms with Gasteiger partial charge in [-0.2, -0.15) is 0 Å². The summed E-state index contributed by atoms with van der Waals surface area (Å²) >= 11 is 0. The molecule has 0 heterocycles. The first-order chi connectivity index (χ1) is 9.27. The number of carbonyl (C=O) groups is 2. The van der Waals surface area contributed by atoms with Crippen molar-refractivity contribution in [1.82, 2.24) is 0 Å². The molecule has 0 aliphatic heterocycles. The Morgan fingerprint density at radius 2 is 1.68 bits per heavy atom. The predicted molar refractivity (Wildman–Crippen MR) is 72.2 cm³/mol. The van der Waals surface area contributed by atoms with Gasteiger partial charge >= 0.3 is 0 Å². The molecule has 2 rings (SSSR count). The fourth-order valence-corrected chi connectivity index (χ4v) is 1.81. The molecule has 0 aliphatic rings. The van der Waals surface area contributed by atoms with Crippen molar-refractivity contribution in [2.45, 2.75) is 0 Å². The Balaban J connectivity index is 2.39. The average molecular weight is 255 g/mol. The number of aliphatic hydroxyl groups excluding tert-OH is 1. The van der Waals surface area contributed by atoms with Crippen molar-refractivity contribution >= 4 is 17.9 Å². The third-order valence-corrected chi connectivity index (χ3v) is 2.77. The van der Waals surface area contributed by atoms with Crippen LogP contribution in [0.5, 0.6) is 0 Å². The van der Waals surface area contributed by atoms with Crippen LogP contribution < -0.4 is 4.90 Å². The number of amides is 1. The maximum absolute atomic E-state index is 12.4. The van der Waals surface area contributed by atoms with E-state index in [0.717, 1.165) is 0 Å². The molecule has 2 aromatic rings. The predicted octanol–water partition coefficient (Wildman–Crippen LogP) is 2.10. The van der Waals surface area contributed by atoms with Gasteiger partial charge in [-0.25, -0.2) is 0 Å². The number of nitrogens with zero attached hydrogens (tertiary/aromatic N) is 1. The first kappa shape index (κ1) is 13.0. The third kappa shape index (κ3) is 2.69. The summed E-state index contributed by atoms with van der Waals surface area (Å²) in [5.41, 5.74) is 1.16. The van der Waals surface area contributed by atoms with Crippen molar-refractivity contribution in [3.05, 3.63) is 65.7 Å². The highest BCUT2D eigenvalue weighted by Gasteiger charge is 2.18. The molecule has 0 fully saturated rings. The number of carbonyl (C=O) groups excluding carboxylic acids is 2. The molecule has 4 heteroatoms. The standard InChI is InChI=1S/C15H13NO3/c17-10-12-6-4-5-9-14(12)15(19)16(11-18)13-7-2-1-3-8-13/h1-10,18H,11H2. The van der Waals surface area contributed by atoms with Gasteiger partial charge in [0.1, 0.15) is 6.73 Å². The van der Waals surface area contributed by atoms with Crippen LogP contribution in [0.1, 0.15) is 20.7 Å². The van der Waals surface area contributed by atoms with Gasteiger partial charge in [-0.05, 0) is 18.2 Å². The summed E-state index contributed by atoms with van der Waals surface area (Å²) in [4.78, 5) is 24.5. The van der Waals surface area contributed by atoms with Crippen LogP contribution in [-0.4, -0.2) is 24.0 Å². The van der Waals surface area contributed by atoms with Crippen LogP contribution in [0.3, 0.4) is 0 Å². The van der Waals surface area contributed by atoms with E-state index >= 15 is 0 Å². The van der Waals surface area contributed by atoms with Gasteiger partial charge in [0, 0.05) is 11.3 Å². The molecule has 0 bridgehead atoms. The lowest BCUT2D eigenvalue weighted by Crippen LogP contribution is -2.32. The van der Waals surface area contributed by atoms with Gasteiger partial charge in [-0.1, -0.05) is 36.4 Å². The number of hydrogen-bond donors (Lipinski definition) is 1. The quantitative estimate of drug-likeness (QED) is 0.672. The highest BCUT2D eigenvalue weighted by Crippen LogP contribution is 2.17. The summed E-state index contributed by atoms with van der Waals surface area (Å²) in [5.74, 6) is -0.406. The van der Waals surface area contributed by atoms with E-state index in [0.29, 0.717) is 17.5 Å². The van der Waals surface area contributed by atoms with E-state index < -0.39 is 12.6 Å². The van der Waals surface area contributed by atoms with Crippen LogP contribution in [0.2, 0.25) is 0 Å². The number of anilines is 1. The lowest BCUT2D eigenvalue weighted by Gasteiger charge is -2.20. The minimum absolute atomic E-state index is 0.274. The van der Waals surface area contributed by atoms with E-state index in [2.05, 4.69) is 0 Å². The van der Waals surface area contributed by atoms with Crippen LogP contribution in [0, 0.1) is 0 Å². The van der Waals surface area contributed by atoms with Gasteiger partial charge in [-0.15, -0.1) is 0 Å². The summed E-state index contributed by atoms with van der Waals surface area (Å²) in [5, 5.41) is 9.39. The van der Waals surface area contributed by atoms with Crippen molar-refractivity contribution < 1.29 is 14.7 Å². The molecule has 0 atom stereocenters. The lowest BCUT2D eigenvalue weighted by atomic mass is 10.1. The van der Waals surface area contributed by atoms with Crippen molar-refractivity contribution in [2.75, 3.05) is 11.6 Å². The molecule has 0 unspecified atom stereocenters.